The third kappa shape index (κ3) is 2.23. The Morgan fingerprint density at radius 2 is 2.35 bits per heavy atom. The number of alkyl halides is 1. The van der Waals surface area contributed by atoms with E-state index >= 15 is 0 Å². The zero-order chi connectivity index (χ0) is 14.9. The Bertz CT molecular complexity index is 614. The Morgan fingerprint density at radius 1 is 1.65 bits per heavy atom. The van der Waals surface area contributed by atoms with Crippen molar-refractivity contribution in [3.8, 4) is 0 Å². The van der Waals surface area contributed by atoms with Crippen LogP contribution in [0.2, 0.25) is 0 Å². The van der Waals surface area contributed by atoms with Gasteiger partial charge in [-0.05, 0) is 0 Å². The fraction of sp³-hybridized carbons (Fsp3) is 0.333. The Kier molecular flexibility index (Phi) is 3.96. The van der Waals surface area contributed by atoms with E-state index < -0.39 is 36.4 Å². The lowest BCUT2D eigenvalue weighted by atomic mass is 10.1. The standard InChI is InChI=1S/C12H13F2N3O3/c1-2-6-4-17(12(19)16-10(6)15)11-7(3-13)9(14)8(5-18)20-11/h2-4,8-9,11,18H,1,5H2,(H2,15,16,19). The predicted molar refractivity (Wildman–Crippen MR) is 68.1 cm³/mol. The van der Waals surface area contributed by atoms with Crippen molar-refractivity contribution in [2.75, 3.05) is 12.3 Å². The molecule has 8 heteroatoms. The molecule has 0 bridgehead atoms. The molecule has 6 nitrogen and oxygen atoms in total. The van der Waals surface area contributed by atoms with Crippen LogP contribution in [0.15, 0.2) is 29.5 Å². The topological polar surface area (TPSA) is 90.4 Å². The summed E-state index contributed by atoms with van der Waals surface area (Å²) in [6.07, 6.45) is -1.76. The summed E-state index contributed by atoms with van der Waals surface area (Å²) in [6.45, 7) is 2.86. The molecule has 20 heavy (non-hydrogen) atoms. The van der Waals surface area contributed by atoms with E-state index in [1.165, 1.54) is 12.3 Å². The minimum Gasteiger partial charge on any atom is -0.394 e. The second-order valence-electron chi connectivity index (χ2n) is 4.20. The summed E-state index contributed by atoms with van der Waals surface area (Å²) in [4.78, 5) is 15.3. The summed E-state index contributed by atoms with van der Waals surface area (Å²) < 4.78 is 32.7. The molecule has 0 aromatic carbocycles. The monoisotopic (exact) mass is 285 g/mol. The van der Waals surface area contributed by atoms with Gasteiger partial charge in [0.25, 0.3) is 0 Å². The third-order valence-corrected chi connectivity index (χ3v) is 3.02. The lowest BCUT2D eigenvalue weighted by molar-refractivity contribution is -0.0322. The van der Waals surface area contributed by atoms with Gasteiger partial charge in [-0.15, -0.1) is 0 Å². The third-order valence-electron chi connectivity index (χ3n) is 3.02. The number of rotatable bonds is 3. The van der Waals surface area contributed by atoms with E-state index in [1.807, 2.05) is 0 Å². The number of ether oxygens (including phenoxy) is 1. The van der Waals surface area contributed by atoms with Gasteiger partial charge in [-0.3, -0.25) is 4.57 Å². The van der Waals surface area contributed by atoms with E-state index in [0.717, 1.165) is 4.57 Å². The molecule has 0 spiro atoms. The van der Waals surface area contributed by atoms with Crippen molar-refractivity contribution in [1.82, 2.24) is 9.55 Å². The lowest BCUT2D eigenvalue weighted by Crippen LogP contribution is -2.29. The molecule has 1 fully saturated rings. The Labute approximate surface area is 112 Å². The molecule has 0 amide bonds. The predicted octanol–water partition coefficient (Wildman–Crippen LogP) is 0.550. The molecule has 1 saturated heterocycles. The minimum absolute atomic E-state index is 0.0291. The van der Waals surface area contributed by atoms with Gasteiger partial charge in [-0.25, -0.2) is 13.6 Å². The van der Waals surface area contributed by atoms with Gasteiger partial charge in [0, 0.05) is 17.3 Å². The van der Waals surface area contributed by atoms with Gasteiger partial charge in [-0.1, -0.05) is 12.7 Å². The summed E-state index contributed by atoms with van der Waals surface area (Å²) >= 11 is 0. The molecule has 1 aliphatic rings. The van der Waals surface area contributed by atoms with Crippen LogP contribution in [-0.2, 0) is 4.74 Å². The Morgan fingerprint density at radius 3 is 2.90 bits per heavy atom. The van der Waals surface area contributed by atoms with Gasteiger partial charge in [-0.2, -0.15) is 4.98 Å². The molecule has 0 saturated carbocycles. The average molecular weight is 285 g/mol. The first-order valence-electron chi connectivity index (χ1n) is 5.75. The molecule has 0 aliphatic carbocycles. The second kappa shape index (κ2) is 5.51. The van der Waals surface area contributed by atoms with E-state index in [2.05, 4.69) is 11.6 Å². The highest BCUT2D eigenvalue weighted by Gasteiger charge is 2.41. The van der Waals surface area contributed by atoms with Crippen LogP contribution < -0.4 is 11.4 Å². The molecule has 1 aliphatic heterocycles. The molecule has 2 heterocycles. The smallest absolute Gasteiger partial charge is 0.351 e. The zero-order valence-corrected chi connectivity index (χ0v) is 10.4. The lowest BCUT2D eigenvalue weighted by Gasteiger charge is -2.15. The fourth-order valence-corrected chi connectivity index (χ4v) is 1.96. The van der Waals surface area contributed by atoms with Crippen LogP contribution >= 0.6 is 0 Å². The van der Waals surface area contributed by atoms with Crippen molar-refractivity contribution < 1.29 is 18.6 Å². The van der Waals surface area contributed by atoms with Crippen molar-refractivity contribution in [2.24, 2.45) is 0 Å². The van der Waals surface area contributed by atoms with Gasteiger partial charge in [0.2, 0.25) is 0 Å². The number of nitrogen functional groups attached to an aromatic ring is 1. The highest BCUT2D eigenvalue weighted by molar-refractivity contribution is 5.58. The maximum Gasteiger partial charge on any atom is 0.351 e. The van der Waals surface area contributed by atoms with Crippen LogP contribution in [0.5, 0.6) is 0 Å². The minimum atomic E-state index is -1.84. The van der Waals surface area contributed by atoms with Crippen LogP contribution in [-0.4, -0.2) is 33.5 Å². The number of anilines is 1. The van der Waals surface area contributed by atoms with E-state index in [9.17, 15) is 13.6 Å². The van der Waals surface area contributed by atoms with E-state index in [4.69, 9.17) is 15.6 Å². The number of aromatic nitrogens is 2. The highest BCUT2D eigenvalue weighted by atomic mass is 19.1. The first kappa shape index (κ1) is 14.4. The van der Waals surface area contributed by atoms with Crippen LogP contribution in [0.4, 0.5) is 14.6 Å². The van der Waals surface area contributed by atoms with Gasteiger partial charge < -0.3 is 15.6 Å². The van der Waals surface area contributed by atoms with Crippen molar-refractivity contribution in [3.63, 3.8) is 0 Å². The van der Waals surface area contributed by atoms with E-state index in [1.54, 1.807) is 0 Å². The second-order valence-corrected chi connectivity index (χ2v) is 4.20. The van der Waals surface area contributed by atoms with Crippen molar-refractivity contribution in [1.29, 1.82) is 0 Å². The van der Waals surface area contributed by atoms with Crippen LogP contribution in [0.1, 0.15) is 11.8 Å². The maximum atomic E-state index is 13.8. The van der Waals surface area contributed by atoms with Crippen LogP contribution in [0.3, 0.4) is 0 Å². The van der Waals surface area contributed by atoms with E-state index in [0.29, 0.717) is 5.56 Å². The summed E-state index contributed by atoms with van der Waals surface area (Å²) in [5.41, 5.74) is 4.62. The fourth-order valence-electron chi connectivity index (χ4n) is 1.96. The Balaban J connectivity index is 2.51. The van der Waals surface area contributed by atoms with Crippen molar-refractivity contribution in [3.05, 3.63) is 40.7 Å². The molecular formula is C12H13F2N3O3. The summed E-state index contributed by atoms with van der Waals surface area (Å²) in [6, 6.07) is 0. The van der Waals surface area contributed by atoms with Gasteiger partial charge in [0.05, 0.1) is 12.9 Å². The van der Waals surface area contributed by atoms with Crippen molar-refractivity contribution in [2.45, 2.75) is 18.5 Å². The molecule has 3 unspecified atom stereocenters. The van der Waals surface area contributed by atoms with Gasteiger partial charge >= 0.3 is 5.69 Å². The van der Waals surface area contributed by atoms with Crippen molar-refractivity contribution >= 4 is 11.9 Å². The van der Waals surface area contributed by atoms with E-state index in [-0.39, 0.29) is 12.1 Å². The highest BCUT2D eigenvalue weighted by Crippen LogP contribution is 2.35. The first-order valence-corrected chi connectivity index (χ1v) is 5.75. The molecule has 3 N–H and O–H groups in total. The molecule has 0 radical (unpaired) electrons. The summed E-state index contributed by atoms with van der Waals surface area (Å²) in [5.74, 6) is -0.0412. The molecule has 3 atom stereocenters. The number of aliphatic hydroxyl groups is 1. The summed E-state index contributed by atoms with van der Waals surface area (Å²) in [5, 5.41) is 8.97. The summed E-state index contributed by atoms with van der Waals surface area (Å²) in [7, 11) is 0. The molecular weight excluding hydrogens is 272 g/mol. The normalized spacial score (nSPS) is 27.9. The number of nitrogens with zero attached hydrogens (tertiary/aromatic N) is 2. The zero-order valence-electron chi connectivity index (χ0n) is 10.4. The first-order chi connectivity index (χ1) is 9.53. The number of halogens is 2. The maximum absolute atomic E-state index is 13.8. The van der Waals surface area contributed by atoms with Crippen LogP contribution in [0, 0.1) is 0 Å². The molecule has 1 aromatic rings. The van der Waals surface area contributed by atoms with Crippen LogP contribution in [0.25, 0.3) is 6.08 Å². The largest absolute Gasteiger partial charge is 0.394 e. The quantitative estimate of drug-likeness (QED) is 0.846. The number of nitrogens with two attached hydrogens (primary N) is 1. The number of hydrogen-bond donors (Lipinski definition) is 2. The number of aliphatic hydroxyl groups excluding tert-OH is 1. The average Bonchev–Trinajstić information content (AvgIpc) is 2.75. The molecule has 108 valence electrons. The SMILES string of the molecule is C=Cc1cn(C2OC(CO)C(F)C2=CF)c(=O)nc1N. The molecule has 2 rings (SSSR count). The number of hydrogen-bond acceptors (Lipinski definition) is 5. The van der Waals surface area contributed by atoms with Gasteiger partial charge in [0.15, 0.2) is 12.4 Å². The Hall–Kier alpha value is -2.06. The van der Waals surface area contributed by atoms with Gasteiger partial charge in [0.1, 0.15) is 11.9 Å². The molecule has 1 aromatic heterocycles.